The number of hydrogen-bond donors (Lipinski definition) is 0. The fourth-order valence-corrected chi connectivity index (χ4v) is 9.36. The Balaban J connectivity index is 0.993. The summed E-state index contributed by atoms with van der Waals surface area (Å²) in [4.78, 5) is 24.4. The molecule has 0 aliphatic carbocycles. The van der Waals surface area contributed by atoms with Gasteiger partial charge in [0.2, 0.25) is 0 Å². The summed E-state index contributed by atoms with van der Waals surface area (Å²) in [5.74, 6) is 1.93. The van der Waals surface area contributed by atoms with Crippen molar-refractivity contribution in [1.29, 1.82) is 0 Å². The van der Waals surface area contributed by atoms with Crippen molar-refractivity contribution in [2.45, 2.75) is 0 Å². The average molecular weight is 798 g/mol. The van der Waals surface area contributed by atoms with Crippen LogP contribution in [0.1, 0.15) is 0 Å². The number of benzene rings is 7. The minimum Gasteiger partial charge on any atom is -0.256 e. The third-order valence-corrected chi connectivity index (χ3v) is 12.3. The van der Waals surface area contributed by atoms with Crippen LogP contribution < -0.4 is 0 Å². The van der Waals surface area contributed by atoms with E-state index in [1.807, 2.05) is 115 Å². The lowest BCUT2D eigenvalue weighted by Crippen LogP contribution is -2.00. The van der Waals surface area contributed by atoms with Gasteiger partial charge in [0.25, 0.3) is 0 Å². The van der Waals surface area contributed by atoms with E-state index in [1.54, 1.807) is 0 Å². The molecular weight excluding hydrogens is 763 g/mol. The molecule has 7 aromatic carbocycles. The van der Waals surface area contributed by atoms with E-state index in [2.05, 4.69) is 109 Å². The number of pyridine rings is 2. The third kappa shape index (κ3) is 7.05. The van der Waals surface area contributed by atoms with Crippen LogP contribution in [0.25, 0.3) is 110 Å². The molecule has 0 saturated carbocycles. The molecule has 0 amide bonds. The Hall–Kier alpha value is -7.93. The predicted molar refractivity (Wildman–Crippen MR) is 252 cm³/mol. The van der Waals surface area contributed by atoms with Crippen LogP contribution in [0.5, 0.6) is 0 Å². The fourth-order valence-electron chi connectivity index (χ4n) is 7.99. The van der Waals surface area contributed by atoms with E-state index in [4.69, 9.17) is 24.9 Å². The Morgan fingerprint density at radius 2 is 0.770 bits per heavy atom. The number of aromatic nitrogens is 5. The number of rotatable bonds is 8. The first-order chi connectivity index (χ1) is 30.2. The summed E-state index contributed by atoms with van der Waals surface area (Å²) >= 11 is 1.85. The van der Waals surface area contributed by atoms with Gasteiger partial charge in [0, 0.05) is 65.9 Å². The van der Waals surface area contributed by atoms with Crippen LogP contribution in [0.15, 0.2) is 213 Å². The summed E-state index contributed by atoms with van der Waals surface area (Å²) in [5.41, 5.74) is 13.7. The van der Waals surface area contributed by atoms with Gasteiger partial charge in [-0.15, -0.1) is 11.3 Å². The molecule has 0 aliphatic heterocycles. The van der Waals surface area contributed by atoms with Crippen LogP contribution >= 0.6 is 11.3 Å². The van der Waals surface area contributed by atoms with Crippen LogP contribution in [-0.4, -0.2) is 24.9 Å². The Kier molecular flexibility index (Phi) is 9.30. The molecule has 0 radical (unpaired) electrons. The summed E-state index contributed by atoms with van der Waals surface area (Å²) in [7, 11) is 0. The third-order valence-electron chi connectivity index (χ3n) is 11.0. The van der Waals surface area contributed by atoms with Gasteiger partial charge < -0.3 is 0 Å². The minimum absolute atomic E-state index is 0.638. The molecule has 0 bridgehead atoms. The fraction of sp³-hybridized carbons (Fsp3) is 0. The number of hydrogen-bond acceptors (Lipinski definition) is 6. The molecule has 5 nitrogen and oxygen atoms in total. The van der Waals surface area contributed by atoms with E-state index in [1.165, 1.54) is 31.3 Å². The van der Waals surface area contributed by atoms with Gasteiger partial charge >= 0.3 is 0 Å². The van der Waals surface area contributed by atoms with Crippen LogP contribution in [-0.2, 0) is 0 Å². The zero-order valence-electron chi connectivity index (χ0n) is 32.9. The van der Waals surface area contributed by atoms with Gasteiger partial charge in [-0.05, 0) is 64.2 Å². The second kappa shape index (κ2) is 15.7. The highest BCUT2D eigenvalue weighted by atomic mass is 32.1. The van der Waals surface area contributed by atoms with Crippen molar-refractivity contribution in [3.05, 3.63) is 213 Å². The lowest BCUT2D eigenvalue weighted by molar-refractivity contribution is 1.07. The normalized spacial score (nSPS) is 11.3. The number of fused-ring (bicyclic) bond motifs is 3. The first-order valence-electron chi connectivity index (χ1n) is 20.2. The SMILES string of the molecule is c1ccc(-c2ccc(-c3cc(-c4ccccn4)cc(-c4cccc5c4sc4c(-c6ccc(-c7nc(-c8ccccc8)nc(-c8ccccc8)n7)cc6)cccc45)c3)cn2)cc1. The molecule has 0 atom stereocenters. The van der Waals surface area contributed by atoms with E-state index in [9.17, 15) is 0 Å². The lowest BCUT2D eigenvalue weighted by Gasteiger charge is -2.12. The van der Waals surface area contributed by atoms with Crippen molar-refractivity contribution >= 4 is 31.5 Å². The van der Waals surface area contributed by atoms with Crippen LogP contribution in [0, 0.1) is 0 Å². The average Bonchev–Trinajstić information content (AvgIpc) is 3.74. The van der Waals surface area contributed by atoms with Gasteiger partial charge in [-0.2, -0.15) is 0 Å². The van der Waals surface area contributed by atoms with Crippen molar-refractivity contribution in [2.75, 3.05) is 0 Å². The van der Waals surface area contributed by atoms with Gasteiger partial charge in [0.05, 0.1) is 11.4 Å². The molecule has 0 spiro atoms. The number of nitrogens with zero attached hydrogens (tertiary/aromatic N) is 5. The van der Waals surface area contributed by atoms with Gasteiger partial charge in [0.1, 0.15) is 0 Å². The molecule has 0 saturated heterocycles. The molecule has 11 rings (SSSR count). The second-order valence-electron chi connectivity index (χ2n) is 14.9. The summed E-state index contributed by atoms with van der Waals surface area (Å²) in [6, 6.07) is 69.5. The summed E-state index contributed by atoms with van der Waals surface area (Å²) < 4.78 is 2.49. The Morgan fingerprint density at radius 1 is 0.295 bits per heavy atom. The molecule has 4 aromatic heterocycles. The highest BCUT2D eigenvalue weighted by molar-refractivity contribution is 7.26. The standard InChI is InChI=1S/C55H35N5S/c1-4-14-37(15-5-1)50-30-29-41(35-57-50)42-32-43(34-44(33-42)49-24-10-11-31-56-49)46-21-13-23-48-47-22-12-20-45(51(47)61-52(46)48)36-25-27-40(28-26-36)55-59-53(38-16-6-2-7-17-38)58-54(60-55)39-18-8-3-9-19-39/h1-35H. The lowest BCUT2D eigenvalue weighted by atomic mass is 9.94. The van der Waals surface area contributed by atoms with E-state index < -0.39 is 0 Å². The molecule has 0 unspecified atom stereocenters. The van der Waals surface area contributed by atoms with Crippen LogP contribution in [0.2, 0.25) is 0 Å². The van der Waals surface area contributed by atoms with E-state index in [-0.39, 0.29) is 0 Å². The van der Waals surface area contributed by atoms with E-state index in [0.717, 1.165) is 61.5 Å². The molecular formula is C55H35N5S. The topological polar surface area (TPSA) is 64.5 Å². The monoisotopic (exact) mass is 797 g/mol. The summed E-state index contributed by atoms with van der Waals surface area (Å²) in [5, 5.41) is 2.48. The minimum atomic E-state index is 0.638. The molecule has 0 N–H and O–H groups in total. The van der Waals surface area contributed by atoms with E-state index >= 15 is 0 Å². The van der Waals surface area contributed by atoms with Crippen molar-refractivity contribution < 1.29 is 0 Å². The molecule has 0 fully saturated rings. The smallest absolute Gasteiger partial charge is 0.164 e. The molecule has 4 heterocycles. The van der Waals surface area contributed by atoms with Gasteiger partial charge in [0.15, 0.2) is 17.5 Å². The first-order valence-corrected chi connectivity index (χ1v) is 21.0. The largest absolute Gasteiger partial charge is 0.256 e. The molecule has 61 heavy (non-hydrogen) atoms. The maximum absolute atomic E-state index is 4.96. The van der Waals surface area contributed by atoms with Crippen molar-refractivity contribution in [3.63, 3.8) is 0 Å². The maximum Gasteiger partial charge on any atom is 0.164 e. The van der Waals surface area contributed by atoms with Crippen molar-refractivity contribution in [2.24, 2.45) is 0 Å². The van der Waals surface area contributed by atoms with Gasteiger partial charge in [-0.3, -0.25) is 9.97 Å². The Bertz CT molecular complexity index is 3260. The molecule has 6 heteroatoms. The highest BCUT2D eigenvalue weighted by Gasteiger charge is 2.17. The van der Waals surface area contributed by atoms with Crippen molar-refractivity contribution in [1.82, 2.24) is 24.9 Å². The maximum atomic E-state index is 4.96. The first kappa shape index (κ1) is 36.2. The summed E-state index contributed by atoms with van der Waals surface area (Å²) in [6.45, 7) is 0. The van der Waals surface area contributed by atoms with Crippen LogP contribution in [0.3, 0.4) is 0 Å². The summed E-state index contributed by atoms with van der Waals surface area (Å²) in [6.07, 6.45) is 3.83. The predicted octanol–water partition coefficient (Wildman–Crippen LogP) is 14.4. The Labute approximate surface area is 357 Å². The molecule has 0 aliphatic rings. The number of thiophene rings is 1. The second-order valence-corrected chi connectivity index (χ2v) is 15.9. The quantitative estimate of drug-likeness (QED) is 0.153. The zero-order chi connectivity index (χ0) is 40.5. The molecule has 11 aromatic rings. The highest BCUT2D eigenvalue weighted by Crippen LogP contribution is 2.45. The van der Waals surface area contributed by atoms with Crippen molar-refractivity contribution in [3.8, 4) is 90.1 Å². The van der Waals surface area contributed by atoms with E-state index in [0.29, 0.717) is 17.5 Å². The molecule has 286 valence electrons. The zero-order valence-corrected chi connectivity index (χ0v) is 33.7. The Morgan fingerprint density at radius 3 is 1.33 bits per heavy atom. The van der Waals surface area contributed by atoms with Crippen LogP contribution in [0.4, 0.5) is 0 Å². The van der Waals surface area contributed by atoms with Gasteiger partial charge in [-0.25, -0.2) is 15.0 Å². The van der Waals surface area contributed by atoms with Gasteiger partial charge in [-0.1, -0.05) is 164 Å².